The first-order chi connectivity index (χ1) is 9.15. The molecule has 1 saturated carbocycles. The van der Waals surface area contributed by atoms with Crippen LogP contribution in [0.4, 0.5) is 5.82 Å². The number of nitrogens with one attached hydrogen (secondary N) is 1. The molecule has 1 amide bonds. The van der Waals surface area contributed by atoms with Crippen molar-refractivity contribution in [3.8, 4) is 0 Å². The molecule has 19 heavy (non-hydrogen) atoms. The van der Waals surface area contributed by atoms with E-state index in [4.69, 9.17) is 5.73 Å². The molecule has 1 aliphatic carbocycles. The summed E-state index contributed by atoms with van der Waals surface area (Å²) in [7, 11) is 0. The van der Waals surface area contributed by atoms with Crippen LogP contribution >= 0.6 is 0 Å². The Kier molecular flexibility index (Phi) is 4.27. The van der Waals surface area contributed by atoms with E-state index < -0.39 is 5.69 Å². The molecule has 7 heteroatoms. The van der Waals surface area contributed by atoms with Crippen LogP contribution in [-0.4, -0.2) is 21.2 Å². The van der Waals surface area contributed by atoms with Crippen LogP contribution in [0.5, 0.6) is 0 Å². The van der Waals surface area contributed by atoms with Gasteiger partial charge in [0, 0.05) is 24.9 Å². The number of nitrogen functional groups attached to an aromatic ring is 1. The minimum absolute atomic E-state index is 0.179. The van der Waals surface area contributed by atoms with Crippen molar-refractivity contribution in [2.24, 2.45) is 5.10 Å². The standard InChI is InChI=1S/C12H17N5O2/c13-10-5-7-17(12(19)14-10)8-6-11(18)16-15-9-3-1-2-4-9/h5,7H,1-4,6,8H2,(H,16,18)(H2,13,14,19). The zero-order valence-electron chi connectivity index (χ0n) is 10.6. The second kappa shape index (κ2) is 6.12. The van der Waals surface area contributed by atoms with E-state index in [2.05, 4.69) is 15.5 Å². The minimum Gasteiger partial charge on any atom is -0.383 e. The van der Waals surface area contributed by atoms with Crippen molar-refractivity contribution in [3.63, 3.8) is 0 Å². The van der Waals surface area contributed by atoms with Gasteiger partial charge in [0.25, 0.3) is 0 Å². The van der Waals surface area contributed by atoms with Crippen molar-refractivity contribution in [1.82, 2.24) is 15.0 Å². The van der Waals surface area contributed by atoms with E-state index >= 15 is 0 Å². The molecule has 7 nitrogen and oxygen atoms in total. The van der Waals surface area contributed by atoms with Crippen LogP contribution in [0.15, 0.2) is 22.2 Å². The Morgan fingerprint density at radius 1 is 1.47 bits per heavy atom. The Labute approximate surface area is 110 Å². The van der Waals surface area contributed by atoms with Crippen molar-refractivity contribution in [2.75, 3.05) is 5.73 Å². The molecule has 1 aromatic heterocycles. The molecular weight excluding hydrogens is 246 g/mol. The van der Waals surface area contributed by atoms with Gasteiger partial charge in [-0.25, -0.2) is 10.2 Å². The van der Waals surface area contributed by atoms with Crippen LogP contribution in [0, 0.1) is 0 Å². The third-order valence-electron chi connectivity index (χ3n) is 2.99. The van der Waals surface area contributed by atoms with E-state index in [1.807, 2.05) is 0 Å². The fraction of sp³-hybridized carbons (Fsp3) is 0.500. The Bertz CT molecular complexity index is 541. The van der Waals surface area contributed by atoms with Crippen LogP contribution in [0.3, 0.4) is 0 Å². The highest BCUT2D eigenvalue weighted by atomic mass is 16.2. The number of amides is 1. The lowest BCUT2D eigenvalue weighted by atomic mass is 10.3. The second-order valence-electron chi connectivity index (χ2n) is 4.50. The molecule has 0 aliphatic heterocycles. The topological polar surface area (TPSA) is 102 Å². The number of aromatic nitrogens is 2. The molecule has 0 unspecified atom stereocenters. The number of aryl methyl sites for hydroxylation is 1. The highest BCUT2D eigenvalue weighted by Crippen LogP contribution is 2.13. The maximum atomic E-state index is 11.6. The molecule has 0 radical (unpaired) electrons. The average molecular weight is 263 g/mol. The molecule has 0 saturated heterocycles. The lowest BCUT2D eigenvalue weighted by Crippen LogP contribution is -2.27. The van der Waals surface area contributed by atoms with E-state index in [1.54, 1.807) is 0 Å². The summed E-state index contributed by atoms with van der Waals surface area (Å²) in [5.41, 5.74) is 8.49. The first-order valence-corrected chi connectivity index (χ1v) is 6.32. The summed E-state index contributed by atoms with van der Waals surface area (Å²) in [6.45, 7) is 0.267. The Morgan fingerprint density at radius 3 is 2.89 bits per heavy atom. The summed E-state index contributed by atoms with van der Waals surface area (Å²) in [6, 6.07) is 1.53. The summed E-state index contributed by atoms with van der Waals surface area (Å²) in [6.07, 6.45) is 5.91. The van der Waals surface area contributed by atoms with Crippen molar-refractivity contribution >= 4 is 17.4 Å². The summed E-state index contributed by atoms with van der Waals surface area (Å²) < 4.78 is 1.35. The molecule has 0 atom stereocenters. The van der Waals surface area contributed by atoms with Gasteiger partial charge in [-0.3, -0.25) is 9.36 Å². The van der Waals surface area contributed by atoms with Crippen molar-refractivity contribution < 1.29 is 4.79 Å². The molecule has 102 valence electrons. The Morgan fingerprint density at radius 2 is 2.21 bits per heavy atom. The molecule has 1 fully saturated rings. The fourth-order valence-corrected chi connectivity index (χ4v) is 1.93. The molecule has 2 rings (SSSR count). The van der Waals surface area contributed by atoms with Gasteiger partial charge in [-0.15, -0.1) is 0 Å². The quantitative estimate of drug-likeness (QED) is 0.760. The zero-order valence-corrected chi connectivity index (χ0v) is 10.6. The predicted molar refractivity (Wildman–Crippen MR) is 71.6 cm³/mol. The van der Waals surface area contributed by atoms with Gasteiger partial charge < -0.3 is 5.73 Å². The maximum absolute atomic E-state index is 11.6. The average Bonchev–Trinajstić information content (AvgIpc) is 2.88. The molecule has 0 aromatic carbocycles. The lowest BCUT2D eigenvalue weighted by molar-refractivity contribution is -0.121. The molecule has 3 N–H and O–H groups in total. The van der Waals surface area contributed by atoms with E-state index in [-0.39, 0.29) is 24.7 Å². The number of carbonyl (C=O) groups is 1. The number of carbonyl (C=O) groups excluding carboxylic acids is 1. The summed E-state index contributed by atoms with van der Waals surface area (Å²) in [5, 5.41) is 4.07. The molecule has 0 bridgehead atoms. The number of rotatable bonds is 4. The van der Waals surface area contributed by atoms with Gasteiger partial charge in [0.1, 0.15) is 5.82 Å². The number of nitrogens with two attached hydrogens (primary N) is 1. The summed E-state index contributed by atoms with van der Waals surface area (Å²) in [4.78, 5) is 26.6. The van der Waals surface area contributed by atoms with E-state index in [0.717, 1.165) is 31.4 Å². The smallest absolute Gasteiger partial charge is 0.349 e. The largest absolute Gasteiger partial charge is 0.383 e. The minimum atomic E-state index is -0.449. The predicted octanol–water partition coefficient (Wildman–Crippen LogP) is 0.262. The van der Waals surface area contributed by atoms with Gasteiger partial charge in [-0.1, -0.05) is 0 Å². The van der Waals surface area contributed by atoms with Crippen LogP contribution < -0.4 is 16.8 Å². The van der Waals surface area contributed by atoms with Crippen LogP contribution in [0.1, 0.15) is 32.1 Å². The van der Waals surface area contributed by atoms with Gasteiger partial charge >= 0.3 is 5.69 Å². The van der Waals surface area contributed by atoms with Crippen LogP contribution in [0.2, 0.25) is 0 Å². The van der Waals surface area contributed by atoms with Gasteiger partial charge in [-0.05, 0) is 31.7 Å². The number of nitrogens with zero attached hydrogens (tertiary/aromatic N) is 3. The fourth-order valence-electron chi connectivity index (χ4n) is 1.93. The summed E-state index contributed by atoms with van der Waals surface area (Å²) in [5.74, 6) is -0.0264. The second-order valence-corrected chi connectivity index (χ2v) is 4.50. The van der Waals surface area contributed by atoms with Crippen molar-refractivity contribution in [1.29, 1.82) is 0 Å². The number of hydrogen-bond donors (Lipinski definition) is 2. The van der Waals surface area contributed by atoms with Crippen LogP contribution in [0.25, 0.3) is 0 Å². The first-order valence-electron chi connectivity index (χ1n) is 6.32. The third kappa shape index (κ3) is 3.90. The molecule has 1 heterocycles. The first kappa shape index (κ1) is 13.3. The van der Waals surface area contributed by atoms with Gasteiger partial charge in [0.05, 0.1) is 0 Å². The van der Waals surface area contributed by atoms with Gasteiger partial charge in [0.15, 0.2) is 0 Å². The zero-order chi connectivity index (χ0) is 13.7. The molecule has 1 aromatic rings. The molecular formula is C12H17N5O2. The highest BCUT2D eigenvalue weighted by molar-refractivity contribution is 5.87. The Balaban J connectivity index is 1.83. The third-order valence-corrected chi connectivity index (χ3v) is 2.99. The monoisotopic (exact) mass is 263 g/mol. The molecule has 0 spiro atoms. The van der Waals surface area contributed by atoms with Crippen LogP contribution in [-0.2, 0) is 11.3 Å². The van der Waals surface area contributed by atoms with E-state index in [0.29, 0.717) is 0 Å². The molecule has 1 aliphatic rings. The maximum Gasteiger partial charge on any atom is 0.349 e. The highest BCUT2D eigenvalue weighted by Gasteiger charge is 2.09. The van der Waals surface area contributed by atoms with E-state index in [9.17, 15) is 9.59 Å². The summed E-state index contributed by atoms with van der Waals surface area (Å²) >= 11 is 0. The van der Waals surface area contributed by atoms with Gasteiger partial charge in [0.2, 0.25) is 5.91 Å². The number of anilines is 1. The number of hydrazone groups is 1. The van der Waals surface area contributed by atoms with E-state index in [1.165, 1.54) is 16.8 Å². The van der Waals surface area contributed by atoms with Crippen molar-refractivity contribution in [2.45, 2.75) is 38.6 Å². The van der Waals surface area contributed by atoms with Gasteiger partial charge in [-0.2, -0.15) is 10.1 Å². The van der Waals surface area contributed by atoms with Crippen molar-refractivity contribution in [3.05, 3.63) is 22.7 Å². The Hall–Kier alpha value is -2.18. The normalized spacial score (nSPS) is 14.4. The lowest BCUT2D eigenvalue weighted by Gasteiger charge is -2.04. The number of hydrogen-bond acceptors (Lipinski definition) is 5. The SMILES string of the molecule is Nc1ccn(CCC(=O)NN=C2CCCC2)c(=O)n1.